The molecule has 1 aliphatic heterocycles. The van der Waals surface area contributed by atoms with Gasteiger partial charge in [0.2, 0.25) is 0 Å². The van der Waals surface area contributed by atoms with Gasteiger partial charge in [0.15, 0.2) is 0 Å². The fourth-order valence-corrected chi connectivity index (χ4v) is 3.40. The summed E-state index contributed by atoms with van der Waals surface area (Å²) < 4.78 is 0. The van der Waals surface area contributed by atoms with Gasteiger partial charge in [0.1, 0.15) is 5.70 Å². The quantitative estimate of drug-likeness (QED) is 0.679. The minimum absolute atomic E-state index is 0.300. The van der Waals surface area contributed by atoms with Gasteiger partial charge in [-0.15, -0.1) is 0 Å². The number of nitrogens with one attached hydrogen (secondary N) is 1. The molecule has 1 aliphatic rings. The minimum atomic E-state index is -0.346. The third-order valence-electron chi connectivity index (χ3n) is 4.91. The largest absolute Gasteiger partial charge is 0.350 e. The van der Waals surface area contributed by atoms with Crippen molar-refractivity contribution in [3.8, 4) is 0 Å². The zero-order valence-electron chi connectivity index (χ0n) is 15.8. The molecule has 3 aromatic rings. The van der Waals surface area contributed by atoms with Gasteiger partial charge in [-0.1, -0.05) is 66.7 Å². The second-order valence-corrected chi connectivity index (χ2v) is 6.79. The number of hydrogen-bond acceptors (Lipinski definition) is 3. The molecule has 0 unspecified atom stereocenters. The maximum absolute atomic E-state index is 13.4. The molecule has 0 radical (unpaired) electrons. The molecule has 1 heterocycles. The van der Waals surface area contributed by atoms with E-state index < -0.39 is 0 Å². The molecule has 2 amide bonds. The standard InChI is InChI=1S/C24H20N2O2/c1-16-10-6-8-14-19(16)25-22-21(18-12-4-3-5-13-18)23(27)26(24(22)28)20-15-9-7-11-17(20)2/h3-15,25H,1-2H3. The van der Waals surface area contributed by atoms with Gasteiger partial charge < -0.3 is 5.32 Å². The number of rotatable bonds is 4. The number of amides is 2. The van der Waals surface area contributed by atoms with Crippen molar-refractivity contribution in [1.29, 1.82) is 0 Å². The molecule has 4 nitrogen and oxygen atoms in total. The summed E-state index contributed by atoms with van der Waals surface area (Å²) in [5.41, 5.74) is 4.68. The summed E-state index contributed by atoms with van der Waals surface area (Å²) in [7, 11) is 0. The van der Waals surface area contributed by atoms with Crippen LogP contribution < -0.4 is 10.2 Å². The highest BCUT2D eigenvalue weighted by atomic mass is 16.2. The number of benzene rings is 3. The van der Waals surface area contributed by atoms with Gasteiger partial charge in [-0.25, -0.2) is 4.90 Å². The lowest BCUT2D eigenvalue weighted by molar-refractivity contribution is -0.120. The molecule has 1 N–H and O–H groups in total. The maximum atomic E-state index is 13.4. The van der Waals surface area contributed by atoms with Gasteiger partial charge in [-0.05, 0) is 42.7 Å². The van der Waals surface area contributed by atoms with E-state index in [9.17, 15) is 9.59 Å². The van der Waals surface area contributed by atoms with Crippen LogP contribution in [0.4, 0.5) is 11.4 Å². The third kappa shape index (κ3) is 2.99. The highest BCUT2D eigenvalue weighted by molar-refractivity contribution is 6.46. The predicted octanol–water partition coefficient (Wildman–Crippen LogP) is 4.70. The normalized spacial score (nSPS) is 14.0. The summed E-state index contributed by atoms with van der Waals surface area (Å²) in [5.74, 6) is -0.664. The van der Waals surface area contributed by atoms with Crippen molar-refractivity contribution in [3.63, 3.8) is 0 Å². The molecule has 4 heteroatoms. The Morgan fingerprint density at radius 3 is 1.96 bits per heavy atom. The van der Waals surface area contributed by atoms with E-state index in [1.54, 1.807) is 6.07 Å². The SMILES string of the molecule is Cc1ccccc1NC1=C(c2ccccc2)C(=O)N(c2ccccc2C)C1=O. The Morgan fingerprint density at radius 2 is 1.29 bits per heavy atom. The van der Waals surface area contributed by atoms with Gasteiger partial charge in [-0.3, -0.25) is 9.59 Å². The van der Waals surface area contributed by atoms with Crippen molar-refractivity contribution in [1.82, 2.24) is 0 Å². The smallest absolute Gasteiger partial charge is 0.282 e. The summed E-state index contributed by atoms with van der Waals surface area (Å²) >= 11 is 0. The molecule has 0 atom stereocenters. The molecule has 0 aliphatic carbocycles. The first-order chi connectivity index (χ1) is 13.6. The van der Waals surface area contributed by atoms with Crippen LogP contribution in [0, 0.1) is 13.8 Å². The first-order valence-electron chi connectivity index (χ1n) is 9.14. The number of carbonyl (C=O) groups is 2. The molecule has 4 rings (SSSR count). The van der Waals surface area contributed by atoms with Gasteiger partial charge in [-0.2, -0.15) is 0 Å². The van der Waals surface area contributed by atoms with Crippen molar-refractivity contribution in [2.45, 2.75) is 13.8 Å². The Labute approximate surface area is 164 Å². The fraction of sp³-hybridized carbons (Fsp3) is 0.0833. The summed E-state index contributed by atoms with van der Waals surface area (Å²) in [6.45, 7) is 3.86. The second kappa shape index (κ2) is 7.16. The van der Waals surface area contributed by atoms with Crippen LogP contribution in [-0.2, 0) is 9.59 Å². The first kappa shape index (κ1) is 17.7. The number of para-hydroxylation sites is 2. The lowest BCUT2D eigenvalue weighted by Gasteiger charge is -2.17. The topological polar surface area (TPSA) is 49.4 Å². The molecule has 0 saturated carbocycles. The molecule has 0 saturated heterocycles. The van der Waals surface area contributed by atoms with Crippen LogP contribution in [0.3, 0.4) is 0 Å². The Hall–Kier alpha value is -3.66. The monoisotopic (exact) mass is 368 g/mol. The average Bonchev–Trinajstić information content (AvgIpc) is 2.95. The zero-order chi connectivity index (χ0) is 19.7. The van der Waals surface area contributed by atoms with Crippen molar-refractivity contribution in [2.75, 3.05) is 10.2 Å². The van der Waals surface area contributed by atoms with E-state index in [2.05, 4.69) is 5.32 Å². The van der Waals surface area contributed by atoms with E-state index in [1.807, 2.05) is 86.6 Å². The molecular formula is C24H20N2O2. The highest BCUT2D eigenvalue weighted by Gasteiger charge is 2.40. The van der Waals surface area contributed by atoms with Gasteiger partial charge in [0.25, 0.3) is 11.8 Å². The Bertz CT molecular complexity index is 1100. The molecule has 0 spiro atoms. The molecule has 0 fully saturated rings. The molecule has 138 valence electrons. The van der Waals surface area contributed by atoms with E-state index in [-0.39, 0.29) is 11.8 Å². The van der Waals surface area contributed by atoms with Crippen LogP contribution in [0.5, 0.6) is 0 Å². The van der Waals surface area contributed by atoms with E-state index in [0.717, 1.165) is 16.8 Å². The van der Waals surface area contributed by atoms with Crippen molar-refractivity contribution < 1.29 is 9.59 Å². The van der Waals surface area contributed by atoms with E-state index in [0.29, 0.717) is 22.5 Å². The first-order valence-corrected chi connectivity index (χ1v) is 9.14. The Balaban J connectivity index is 1.86. The number of carbonyl (C=O) groups excluding carboxylic acids is 2. The number of anilines is 2. The summed E-state index contributed by atoms with van der Waals surface area (Å²) in [4.78, 5) is 28.0. The number of nitrogens with zero attached hydrogens (tertiary/aromatic N) is 1. The Morgan fingerprint density at radius 1 is 0.679 bits per heavy atom. The number of aryl methyl sites for hydroxylation is 2. The van der Waals surface area contributed by atoms with Gasteiger partial charge in [0, 0.05) is 5.69 Å². The summed E-state index contributed by atoms with van der Waals surface area (Å²) in [6, 6.07) is 24.4. The number of imide groups is 1. The van der Waals surface area contributed by atoms with Crippen LogP contribution in [0.25, 0.3) is 5.57 Å². The van der Waals surface area contributed by atoms with Crippen molar-refractivity contribution in [2.24, 2.45) is 0 Å². The van der Waals surface area contributed by atoms with E-state index >= 15 is 0 Å². The van der Waals surface area contributed by atoms with E-state index in [4.69, 9.17) is 0 Å². The zero-order valence-corrected chi connectivity index (χ0v) is 15.8. The predicted molar refractivity (Wildman–Crippen MR) is 112 cm³/mol. The van der Waals surface area contributed by atoms with Crippen LogP contribution in [0.1, 0.15) is 16.7 Å². The van der Waals surface area contributed by atoms with E-state index in [1.165, 1.54) is 4.90 Å². The molecule has 0 aromatic heterocycles. The molecule has 3 aromatic carbocycles. The fourth-order valence-electron chi connectivity index (χ4n) is 3.40. The lowest BCUT2D eigenvalue weighted by Crippen LogP contribution is -2.33. The van der Waals surface area contributed by atoms with Gasteiger partial charge >= 0.3 is 0 Å². The maximum Gasteiger partial charge on any atom is 0.282 e. The summed E-state index contributed by atoms with van der Waals surface area (Å²) in [5, 5.41) is 3.22. The van der Waals surface area contributed by atoms with Crippen molar-refractivity contribution >= 4 is 28.8 Å². The van der Waals surface area contributed by atoms with Crippen LogP contribution >= 0.6 is 0 Å². The Kier molecular flexibility index (Phi) is 4.53. The van der Waals surface area contributed by atoms with Crippen LogP contribution in [-0.4, -0.2) is 11.8 Å². The second-order valence-electron chi connectivity index (χ2n) is 6.79. The van der Waals surface area contributed by atoms with Crippen LogP contribution in [0.2, 0.25) is 0 Å². The molecular weight excluding hydrogens is 348 g/mol. The third-order valence-corrected chi connectivity index (χ3v) is 4.91. The average molecular weight is 368 g/mol. The highest BCUT2D eigenvalue weighted by Crippen LogP contribution is 2.35. The minimum Gasteiger partial charge on any atom is -0.350 e. The van der Waals surface area contributed by atoms with Gasteiger partial charge in [0.05, 0.1) is 11.3 Å². The lowest BCUT2D eigenvalue weighted by atomic mass is 10.0. The molecule has 28 heavy (non-hydrogen) atoms. The summed E-state index contributed by atoms with van der Waals surface area (Å²) in [6.07, 6.45) is 0. The van der Waals surface area contributed by atoms with Crippen LogP contribution in [0.15, 0.2) is 84.6 Å². The molecule has 0 bridgehead atoms. The van der Waals surface area contributed by atoms with Crippen molar-refractivity contribution in [3.05, 3.63) is 101 Å². The number of hydrogen-bond donors (Lipinski definition) is 1.